The number of methoxy groups -OCH3 is 2. The monoisotopic (exact) mass is 649 g/mol. The van der Waals surface area contributed by atoms with Crippen molar-refractivity contribution in [3.8, 4) is 11.5 Å². The van der Waals surface area contributed by atoms with Crippen LogP contribution in [0.5, 0.6) is 11.5 Å². The number of halogens is 2. The Morgan fingerprint density at radius 2 is 1.63 bits per heavy atom. The summed E-state index contributed by atoms with van der Waals surface area (Å²) in [7, 11) is -1.45. The molecule has 12 heteroatoms. The highest BCUT2D eigenvalue weighted by Crippen LogP contribution is 2.36. The molecular weight excluding hydrogens is 613 g/mol. The first-order chi connectivity index (χ1) is 20.3. The van der Waals surface area contributed by atoms with Crippen molar-refractivity contribution in [2.75, 3.05) is 25.1 Å². The van der Waals surface area contributed by atoms with Gasteiger partial charge in [0.25, 0.3) is 10.0 Å². The van der Waals surface area contributed by atoms with Gasteiger partial charge in [-0.1, -0.05) is 53.9 Å². The minimum Gasteiger partial charge on any atom is -0.497 e. The predicted molar refractivity (Wildman–Crippen MR) is 170 cm³/mol. The summed E-state index contributed by atoms with van der Waals surface area (Å²) < 4.78 is 40.1. The van der Waals surface area contributed by atoms with Crippen molar-refractivity contribution in [3.63, 3.8) is 0 Å². The summed E-state index contributed by atoms with van der Waals surface area (Å²) in [5.74, 6) is -0.462. The topological polar surface area (TPSA) is 105 Å². The number of hydrogen-bond acceptors (Lipinski definition) is 6. The van der Waals surface area contributed by atoms with Gasteiger partial charge >= 0.3 is 0 Å². The average molecular weight is 651 g/mol. The maximum Gasteiger partial charge on any atom is 0.264 e. The lowest BCUT2D eigenvalue weighted by atomic mass is 10.1. The third kappa shape index (κ3) is 8.34. The summed E-state index contributed by atoms with van der Waals surface area (Å²) >= 11 is 12.5. The highest BCUT2D eigenvalue weighted by molar-refractivity contribution is 7.92. The first-order valence-corrected chi connectivity index (χ1v) is 15.9. The predicted octanol–water partition coefficient (Wildman–Crippen LogP) is 5.85. The molecule has 0 aromatic heterocycles. The van der Waals surface area contributed by atoms with Crippen LogP contribution < -0.4 is 19.1 Å². The second-order valence-corrected chi connectivity index (χ2v) is 12.8. The Hall–Kier alpha value is -3.47. The number of amides is 2. The molecule has 0 aliphatic heterocycles. The van der Waals surface area contributed by atoms with Crippen molar-refractivity contribution in [2.24, 2.45) is 0 Å². The van der Waals surface area contributed by atoms with Crippen LogP contribution in [0.1, 0.15) is 38.3 Å². The zero-order valence-corrected chi connectivity index (χ0v) is 27.4. The summed E-state index contributed by atoms with van der Waals surface area (Å²) in [5.41, 5.74) is 1.50. The molecule has 232 valence electrons. The smallest absolute Gasteiger partial charge is 0.264 e. The minimum atomic E-state index is -4.31. The molecule has 3 aromatic carbocycles. The fourth-order valence-corrected chi connectivity index (χ4v) is 6.11. The van der Waals surface area contributed by atoms with Gasteiger partial charge in [-0.2, -0.15) is 0 Å². The van der Waals surface area contributed by atoms with Crippen molar-refractivity contribution in [1.82, 2.24) is 10.2 Å². The lowest BCUT2D eigenvalue weighted by Crippen LogP contribution is -2.52. The molecule has 0 bridgehead atoms. The maximum atomic E-state index is 14.2. The molecule has 3 rings (SSSR count). The van der Waals surface area contributed by atoms with E-state index in [1.807, 2.05) is 20.8 Å². The third-order valence-electron chi connectivity index (χ3n) is 7.07. The van der Waals surface area contributed by atoms with Crippen molar-refractivity contribution >= 4 is 50.7 Å². The van der Waals surface area contributed by atoms with Gasteiger partial charge < -0.3 is 19.7 Å². The molecular formula is C31H37Cl2N3O6S. The van der Waals surface area contributed by atoms with Gasteiger partial charge in [0.05, 0.1) is 24.8 Å². The van der Waals surface area contributed by atoms with Crippen LogP contribution in [-0.4, -0.2) is 58.0 Å². The standard InChI is InChI=1S/C31H37Cl2N3O6S/c1-7-21(3)34-31(38)22(4)35(18-23-10-11-24(32)16-27(23)33)30(37)19-36(28-17-25(41-5)12-15-29(28)42-6)43(39,40)26-13-8-20(2)9-14-26/h8-17,21-22H,7,18-19H2,1-6H3,(H,34,38)/t21-,22+/m0/s1. The second-order valence-electron chi connectivity index (χ2n) is 10.1. The number of anilines is 1. The molecule has 3 aromatic rings. The number of nitrogens with zero attached hydrogens (tertiary/aromatic N) is 2. The van der Waals surface area contributed by atoms with Crippen LogP contribution in [0.4, 0.5) is 5.69 Å². The molecule has 0 saturated heterocycles. The van der Waals surface area contributed by atoms with E-state index in [1.54, 1.807) is 49.4 Å². The number of carbonyl (C=O) groups is 2. The van der Waals surface area contributed by atoms with Crippen molar-refractivity contribution in [1.29, 1.82) is 0 Å². The maximum absolute atomic E-state index is 14.2. The molecule has 0 aliphatic rings. The van der Waals surface area contributed by atoms with Crippen LogP contribution in [0.25, 0.3) is 0 Å². The van der Waals surface area contributed by atoms with Crippen LogP contribution in [0.3, 0.4) is 0 Å². The van der Waals surface area contributed by atoms with E-state index < -0.39 is 28.5 Å². The molecule has 1 N–H and O–H groups in total. The lowest BCUT2D eigenvalue weighted by Gasteiger charge is -2.33. The van der Waals surface area contributed by atoms with Crippen molar-refractivity contribution < 1.29 is 27.5 Å². The molecule has 0 aliphatic carbocycles. The van der Waals surface area contributed by atoms with E-state index in [0.717, 1.165) is 9.87 Å². The van der Waals surface area contributed by atoms with Crippen LogP contribution in [0.15, 0.2) is 65.6 Å². The molecule has 0 spiro atoms. The first kappa shape index (κ1) is 34.0. The second kappa shape index (κ2) is 14.8. The normalized spacial score (nSPS) is 12.7. The van der Waals surface area contributed by atoms with E-state index in [2.05, 4.69) is 5.32 Å². The van der Waals surface area contributed by atoms with Crippen molar-refractivity contribution in [3.05, 3.63) is 81.8 Å². The zero-order chi connectivity index (χ0) is 31.9. The molecule has 43 heavy (non-hydrogen) atoms. The Morgan fingerprint density at radius 3 is 2.21 bits per heavy atom. The zero-order valence-electron chi connectivity index (χ0n) is 25.1. The number of carbonyl (C=O) groups excluding carboxylic acids is 2. The Kier molecular flexibility index (Phi) is 11.7. The number of hydrogen-bond donors (Lipinski definition) is 1. The van der Waals surface area contributed by atoms with Crippen molar-refractivity contribution in [2.45, 2.75) is 57.6 Å². The highest BCUT2D eigenvalue weighted by Gasteiger charge is 2.34. The fraction of sp³-hybridized carbons (Fsp3) is 0.355. The first-order valence-electron chi connectivity index (χ1n) is 13.7. The van der Waals surface area contributed by atoms with Crippen LogP contribution in [-0.2, 0) is 26.2 Å². The van der Waals surface area contributed by atoms with Gasteiger partial charge in [0.15, 0.2) is 0 Å². The number of nitrogens with one attached hydrogen (secondary N) is 1. The van der Waals surface area contributed by atoms with E-state index in [4.69, 9.17) is 32.7 Å². The van der Waals surface area contributed by atoms with E-state index in [9.17, 15) is 18.0 Å². The van der Waals surface area contributed by atoms with Gasteiger partial charge in [-0.05, 0) is 69.2 Å². The summed E-state index contributed by atoms with van der Waals surface area (Å²) in [6.07, 6.45) is 0.688. The lowest BCUT2D eigenvalue weighted by molar-refractivity contribution is -0.139. The number of sulfonamides is 1. The molecule has 0 unspecified atom stereocenters. The summed E-state index contributed by atoms with van der Waals surface area (Å²) in [4.78, 5) is 28.7. The van der Waals surface area contributed by atoms with Crippen LogP contribution in [0, 0.1) is 6.92 Å². The van der Waals surface area contributed by atoms with E-state index in [1.165, 1.54) is 37.3 Å². The average Bonchev–Trinajstić information content (AvgIpc) is 2.98. The number of aryl methyl sites for hydroxylation is 1. The minimum absolute atomic E-state index is 0.0226. The number of rotatable bonds is 13. The van der Waals surface area contributed by atoms with Gasteiger partial charge in [0, 0.05) is 28.7 Å². The largest absolute Gasteiger partial charge is 0.497 e. The number of benzene rings is 3. The van der Waals surface area contributed by atoms with Crippen LogP contribution >= 0.6 is 23.2 Å². The molecule has 2 amide bonds. The quantitative estimate of drug-likeness (QED) is 0.249. The SMILES string of the molecule is CC[C@H](C)NC(=O)[C@@H](C)N(Cc1ccc(Cl)cc1Cl)C(=O)CN(c1cc(OC)ccc1OC)S(=O)(=O)c1ccc(C)cc1. The van der Waals surface area contributed by atoms with E-state index in [-0.39, 0.29) is 34.8 Å². The Labute approximate surface area is 263 Å². The Bertz CT molecular complexity index is 1550. The van der Waals surface area contributed by atoms with Gasteiger partial charge in [-0.25, -0.2) is 8.42 Å². The van der Waals surface area contributed by atoms with E-state index >= 15 is 0 Å². The Balaban J connectivity index is 2.14. The highest BCUT2D eigenvalue weighted by atomic mass is 35.5. The molecule has 2 atom stereocenters. The van der Waals surface area contributed by atoms with Gasteiger partial charge in [0.2, 0.25) is 11.8 Å². The molecule has 0 radical (unpaired) electrons. The molecule has 0 fully saturated rings. The van der Waals surface area contributed by atoms with Crippen LogP contribution in [0.2, 0.25) is 10.0 Å². The summed E-state index contributed by atoms with van der Waals surface area (Å²) in [5, 5.41) is 3.61. The summed E-state index contributed by atoms with van der Waals surface area (Å²) in [6, 6.07) is 14.7. The van der Waals surface area contributed by atoms with Gasteiger partial charge in [-0.3, -0.25) is 13.9 Å². The van der Waals surface area contributed by atoms with Gasteiger partial charge in [-0.15, -0.1) is 0 Å². The number of ether oxygens (including phenoxy) is 2. The van der Waals surface area contributed by atoms with E-state index in [0.29, 0.717) is 27.8 Å². The third-order valence-corrected chi connectivity index (χ3v) is 9.43. The fourth-order valence-electron chi connectivity index (χ4n) is 4.22. The molecule has 9 nitrogen and oxygen atoms in total. The molecule has 0 saturated carbocycles. The Morgan fingerprint density at radius 1 is 0.953 bits per heavy atom. The van der Waals surface area contributed by atoms with Gasteiger partial charge in [0.1, 0.15) is 24.1 Å². The molecule has 0 heterocycles. The summed E-state index contributed by atoms with van der Waals surface area (Å²) in [6.45, 7) is 6.50.